The molecule has 18 heavy (non-hydrogen) atoms. The minimum Gasteiger partial charge on any atom is -0.459 e. The predicted octanol–water partition coefficient (Wildman–Crippen LogP) is 0.816. The third-order valence-electron chi connectivity index (χ3n) is 2.53. The zero-order valence-electron chi connectivity index (χ0n) is 10.4. The van der Waals surface area contributed by atoms with Crippen LogP contribution in [0.3, 0.4) is 0 Å². The van der Waals surface area contributed by atoms with Gasteiger partial charge in [-0.05, 0) is 18.0 Å². The highest BCUT2D eigenvalue weighted by Crippen LogP contribution is 2.13. The van der Waals surface area contributed by atoms with E-state index in [2.05, 4.69) is 14.9 Å². The molecule has 1 aromatic rings. The summed E-state index contributed by atoms with van der Waals surface area (Å²) in [5, 5.41) is 10.6. The predicted molar refractivity (Wildman–Crippen MR) is 63.3 cm³/mol. The van der Waals surface area contributed by atoms with Gasteiger partial charge in [-0.2, -0.15) is 0 Å². The Hall–Kier alpha value is -1.96. The maximum Gasteiger partial charge on any atom is 0.365 e. The maximum absolute atomic E-state index is 11.6. The minimum absolute atomic E-state index is 0.185. The summed E-state index contributed by atoms with van der Waals surface area (Å²) in [6.45, 7) is 6.50. The molecule has 1 aromatic heterocycles. The number of ether oxygens (including phenoxy) is 1. The van der Waals surface area contributed by atoms with Crippen molar-refractivity contribution in [2.24, 2.45) is 0 Å². The maximum atomic E-state index is 11.6. The highest BCUT2D eigenvalue weighted by atomic mass is 16.6. The molecule has 0 spiro atoms. The number of imidazole rings is 1. The fourth-order valence-corrected chi connectivity index (χ4v) is 1.45. The van der Waals surface area contributed by atoms with Crippen LogP contribution in [0.1, 0.15) is 24.3 Å². The van der Waals surface area contributed by atoms with Crippen LogP contribution in [0.5, 0.6) is 0 Å². The highest BCUT2D eigenvalue weighted by molar-refractivity contribution is 5.90. The average Bonchev–Trinajstić information content (AvgIpc) is 2.83. The van der Waals surface area contributed by atoms with Crippen LogP contribution in [0.4, 0.5) is 5.82 Å². The number of nitrogens with zero attached hydrogens (tertiary/aromatic N) is 3. The van der Waals surface area contributed by atoms with Crippen LogP contribution in [0.25, 0.3) is 0 Å². The van der Waals surface area contributed by atoms with E-state index in [1.165, 1.54) is 0 Å². The van der Waals surface area contributed by atoms with Crippen LogP contribution in [-0.2, 0) is 4.74 Å². The first-order valence-electron chi connectivity index (χ1n) is 5.67. The van der Waals surface area contributed by atoms with Crippen molar-refractivity contribution in [3.8, 4) is 0 Å². The van der Waals surface area contributed by atoms with Gasteiger partial charge in [-0.3, -0.25) is 0 Å². The summed E-state index contributed by atoms with van der Waals surface area (Å²) >= 11 is 0. The van der Waals surface area contributed by atoms with Crippen molar-refractivity contribution < 1.29 is 14.5 Å². The van der Waals surface area contributed by atoms with Crippen LogP contribution in [0.2, 0.25) is 0 Å². The van der Waals surface area contributed by atoms with Gasteiger partial charge in [0.2, 0.25) is 5.69 Å². The van der Waals surface area contributed by atoms with E-state index in [1.54, 1.807) is 0 Å². The molecule has 0 aromatic carbocycles. The molecule has 1 N–H and O–H groups in total. The molecule has 0 amide bonds. The van der Waals surface area contributed by atoms with Crippen molar-refractivity contribution in [1.82, 2.24) is 14.9 Å². The molecule has 0 unspecified atom stereocenters. The summed E-state index contributed by atoms with van der Waals surface area (Å²) in [5.41, 5.74) is -0.292. The van der Waals surface area contributed by atoms with E-state index in [-0.39, 0.29) is 12.3 Å². The number of aromatic nitrogens is 2. The van der Waals surface area contributed by atoms with E-state index in [9.17, 15) is 14.9 Å². The molecule has 0 aliphatic heterocycles. The number of rotatable bonds is 7. The molecule has 8 nitrogen and oxygen atoms in total. The second-order valence-corrected chi connectivity index (χ2v) is 3.52. The third-order valence-corrected chi connectivity index (χ3v) is 2.53. The Labute approximate surface area is 104 Å². The van der Waals surface area contributed by atoms with Gasteiger partial charge in [0.05, 0.1) is 0 Å². The van der Waals surface area contributed by atoms with Gasteiger partial charge in [-0.15, -0.1) is 0 Å². The summed E-state index contributed by atoms with van der Waals surface area (Å²) in [6.07, 6.45) is 1.10. The summed E-state index contributed by atoms with van der Waals surface area (Å²) < 4.78 is 4.94. The van der Waals surface area contributed by atoms with Crippen molar-refractivity contribution in [1.29, 1.82) is 0 Å². The Balaban J connectivity index is 2.50. The van der Waals surface area contributed by atoms with Crippen molar-refractivity contribution in [2.75, 3.05) is 26.2 Å². The first-order chi connectivity index (χ1) is 8.60. The van der Waals surface area contributed by atoms with Gasteiger partial charge in [0.1, 0.15) is 6.61 Å². The quantitative estimate of drug-likeness (QED) is 0.440. The summed E-state index contributed by atoms with van der Waals surface area (Å²) in [5.74, 6) is -1.22. The van der Waals surface area contributed by atoms with Gasteiger partial charge in [0, 0.05) is 6.54 Å². The minimum atomic E-state index is -0.782. The van der Waals surface area contributed by atoms with Crippen molar-refractivity contribution in [3.63, 3.8) is 0 Å². The molecule has 1 rings (SSSR count). The van der Waals surface area contributed by atoms with Crippen LogP contribution in [0.15, 0.2) is 6.33 Å². The number of carbonyl (C=O) groups is 1. The van der Waals surface area contributed by atoms with Crippen molar-refractivity contribution in [2.45, 2.75) is 13.8 Å². The number of carbonyl (C=O) groups excluding carboxylic acids is 1. The van der Waals surface area contributed by atoms with Crippen LogP contribution in [-0.4, -0.2) is 52.0 Å². The molecule has 0 bridgehead atoms. The number of hydrogen-bond acceptors (Lipinski definition) is 6. The Morgan fingerprint density at radius 3 is 2.78 bits per heavy atom. The zero-order chi connectivity index (χ0) is 13.5. The molecule has 0 saturated carbocycles. The molecule has 0 aliphatic rings. The average molecular weight is 256 g/mol. The molecule has 0 radical (unpaired) electrons. The monoisotopic (exact) mass is 256 g/mol. The van der Waals surface area contributed by atoms with Gasteiger partial charge in [-0.25, -0.2) is 14.8 Å². The summed E-state index contributed by atoms with van der Waals surface area (Å²) in [6, 6.07) is 0. The number of likely N-dealkylation sites (N-methyl/N-ethyl adjacent to an activating group) is 1. The first-order valence-corrected chi connectivity index (χ1v) is 5.67. The van der Waals surface area contributed by atoms with Gasteiger partial charge in [0.15, 0.2) is 6.33 Å². The smallest absolute Gasteiger partial charge is 0.365 e. The summed E-state index contributed by atoms with van der Waals surface area (Å²) in [4.78, 5) is 29.4. The van der Waals surface area contributed by atoms with Gasteiger partial charge >= 0.3 is 11.8 Å². The van der Waals surface area contributed by atoms with Crippen molar-refractivity contribution in [3.05, 3.63) is 22.1 Å². The second-order valence-electron chi connectivity index (χ2n) is 3.52. The normalized spacial score (nSPS) is 10.6. The van der Waals surface area contributed by atoms with E-state index in [0.717, 1.165) is 19.4 Å². The van der Waals surface area contributed by atoms with Gasteiger partial charge in [0.25, 0.3) is 0 Å². The molecule has 0 fully saturated rings. The molecular formula is C10H16N4O4. The SMILES string of the molecule is CCN(CC)CCOC(=O)c1nc[nH]c1[N+](=O)[O-]. The first kappa shape index (κ1) is 14.1. The summed E-state index contributed by atoms with van der Waals surface area (Å²) in [7, 11) is 0. The van der Waals surface area contributed by atoms with Crippen molar-refractivity contribution >= 4 is 11.8 Å². The molecule has 8 heteroatoms. The second kappa shape index (κ2) is 6.70. The number of nitro groups is 1. The molecule has 0 saturated heterocycles. The Kier molecular flexibility index (Phi) is 5.25. The standard InChI is InChI=1S/C10H16N4O4/c1-3-13(4-2)5-6-18-10(15)8-9(14(16)17)12-7-11-8/h7H,3-6H2,1-2H3,(H,11,12). The van der Waals surface area contributed by atoms with Gasteiger partial charge in [-0.1, -0.05) is 13.8 Å². The largest absolute Gasteiger partial charge is 0.459 e. The number of H-pyrrole nitrogens is 1. The number of nitrogens with one attached hydrogen (secondary N) is 1. The number of esters is 1. The number of aromatic amines is 1. The van der Waals surface area contributed by atoms with Crippen LogP contribution < -0.4 is 0 Å². The number of hydrogen-bond donors (Lipinski definition) is 1. The lowest BCUT2D eigenvalue weighted by molar-refractivity contribution is -0.389. The molecule has 0 atom stereocenters. The zero-order valence-corrected chi connectivity index (χ0v) is 10.4. The molecule has 1 heterocycles. The van der Waals surface area contributed by atoms with E-state index < -0.39 is 16.7 Å². The van der Waals surface area contributed by atoms with E-state index in [4.69, 9.17) is 4.74 Å². The highest BCUT2D eigenvalue weighted by Gasteiger charge is 2.23. The lowest BCUT2D eigenvalue weighted by atomic mass is 10.4. The molecular weight excluding hydrogens is 240 g/mol. The molecule has 100 valence electrons. The Bertz CT molecular complexity index is 414. The topological polar surface area (TPSA) is 101 Å². The lowest BCUT2D eigenvalue weighted by Crippen LogP contribution is -2.28. The van der Waals surface area contributed by atoms with E-state index >= 15 is 0 Å². The van der Waals surface area contributed by atoms with E-state index in [0.29, 0.717) is 6.54 Å². The van der Waals surface area contributed by atoms with E-state index in [1.807, 2.05) is 13.8 Å². The van der Waals surface area contributed by atoms with Crippen LogP contribution >= 0.6 is 0 Å². The van der Waals surface area contributed by atoms with Gasteiger partial charge < -0.3 is 19.8 Å². The third kappa shape index (κ3) is 3.52. The fourth-order valence-electron chi connectivity index (χ4n) is 1.45. The molecule has 0 aliphatic carbocycles. The van der Waals surface area contributed by atoms with Crippen LogP contribution in [0, 0.1) is 10.1 Å². The lowest BCUT2D eigenvalue weighted by Gasteiger charge is -2.17. The fraction of sp³-hybridized carbons (Fsp3) is 0.600. The Morgan fingerprint density at radius 1 is 1.56 bits per heavy atom. The Morgan fingerprint density at radius 2 is 2.22 bits per heavy atom.